The Balaban J connectivity index is 0.000000159. The van der Waals surface area contributed by atoms with Gasteiger partial charge in [0.2, 0.25) is 0 Å². The van der Waals surface area contributed by atoms with Crippen LogP contribution in [0.25, 0.3) is 42.9 Å². The average Bonchev–Trinajstić information content (AvgIpc) is 4.22. The molecule has 0 saturated carbocycles. The van der Waals surface area contributed by atoms with Crippen molar-refractivity contribution in [2.75, 3.05) is 13.1 Å². The first-order valence-corrected chi connectivity index (χ1v) is 24.2. The lowest BCUT2D eigenvalue weighted by molar-refractivity contribution is 0.0921. The van der Waals surface area contributed by atoms with Crippen molar-refractivity contribution in [3.05, 3.63) is 190 Å². The SMILES string of the molecule is O=C(OCc1ccccc1)N1CCC[C@@H]1Cc1c[nH]c2ccc(-c3nc(Cc4ccccc4)cs3)cc12.c1ccc(Cc2csc(-c3ccc4[nH]cc(C[C@H]5CCCN5)c4c3)n2)cc1. The summed E-state index contributed by atoms with van der Waals surface area (Å²) in [6.45, 7) is 2.20. The summed E-state index contributed by atoms with van der Waals surface area (Å²) in [7, 11) is 0. The third-order valence-corrected chi connectivity index (χ3v) is 14.4. The predicted molar refractivity (Wildman–Crippen MR) is 262 cm³/mol. The molecule has 5 aromatic carbocycles. The fourth-order valence-corrected chi connectivity index (χ4v) is 10.8. The highest BCUT2D eigenvalue weighted by molar-refractivity contribution is 7.13. The van der Waals surface area contributed by atoms with Gasteiger partial charge in [0.15, 0.2) is 0 Å². The van der Waals surface area contributed by atoms with Crippen molar-refractivity contribution >= 4 is 50.6 Å². The standard InChI is InChI=1S/C31H29N3O2S.C23H23N3S/c35-31(36-20-23-10-5-2-6-11-23)34-15-7-12-27(34)17-25-19-32-29-14-13-24(18-28(25)29)30-33-26(21-37-30)16-22-8-3-1-4-9-22;1-2-5-16(6-3-1)11-20-15-27-23(26-20)17-8-9-22-21(13-17)18(14-25-22)12-19-7-4-10-24-19/h1-6,8-11,13-14,18-19,21,27,32H,7,12,15-17,20H2;1-3,5-6,8-9,13-15,19,24-25H,4,7,10-12H2/t27-;19-/m11/s1. The number of carbonyl (C=O) groups is 1. The van der Waals surface area contributed by atoms with E-state index in [0.29, 0.717) is 12.6 Å². The minimum Gasteiger partial charge on any atom is -0.445 e. The Kier molecular flexibility index (Phi) is 12.8. The molecule has 2 aliphatic rings. The molecule has 2 atom stereocenters. The van der Waals surface area contributed by atoms with E-state index < -0.39 is 0 Å². The van der Waals surface area contributed by atoms with Gasteiger partial charge in [-0.1, -0.05) is 91.0 Å². The van der Waals surface area contributed by atoms with Crippen LogP contribution in [0.1, 0.15) is 64.9 Å². The van der Waals surface area contributed by atoms with Crippen LogP contribution in [0, 0.1) is 0 Å². The summed E-state index contributed by atoms with van der Waals surface area (Å²) in [4.78, 5) is 31.5. The maximum absolute atomic E-state index is 12.9. The molecule has 4 aromatic heterocycles. The van der Waals surface area contributed by atoms with E-state index in [0.717, 1.165) is 89.7 Å². The van der Waals surface area contributed by atoms with Gasteiger partial charge in [0.05, 0.1) is 11.4 Å². The lowest BCUT2D eigenvalue weighted by Crippen LogP contribution is -2.37. The van der Waals surface area contributed by atoms with Crippen molar-refractivity contribution in [2.24, 2.45) is 0 Å². The number of aromatic nitrogens is 4. The van der Waals surface area contributed by atoms with Crippen LogP contribution in [0.15, 0.2) is 151 Å². The second kappa shape index (κ2) is 19.6. The van der Waals surface area contributed by atoms with Gasteiger partial charge in [-0.25, -0.2) is 14.8 Å². The number of ether oxygens (including phenoxy) is 1. The van der Waals surface area contributed by atoms with Crippen molar-refractivity contribution in [1.29, 1.82) is 0 Å². The Bertz CT molecular complexity index is 2930. The summed E-state index contributed by atoms with van der Waals surface area (Å²) in [5.74, 6) is 0. The van der Waals surface area contributed by atoms with Gasteiger partial charge in [-0.15, -0.1) is 22.7 Å². The van der Waals surface area contributed by atoms with Crippen LogP contribution in [0.4, 0.5) is 4.79 Å². The number of thiazole rings is 2. The van der Waals surface area contributed by atoms with E-state index in [1.165, 1.54) is 56.9 Å². The molecule has 1 amide bonds. The number of benzene rings is 5. The zero-order chi connectivity index (χ0) is 43.1. The van der Waals surface area contributed by atoms with Crippen LogP contribution in [0.3, 0.4) is 0 Å². The molecule has 0 aliphatic carbocycles. The van der Waals surface area contributed by atoms with Gasteiger partial charge in [0, 0.05) is 87.6 Å². The molecule has 322 valence electrons. The number of nitrogens with one attached hydrogen (secondary N) is 3. The monoisotopic (exact) mass is 880 g/mol. The first kappa shape index (κ1) is 41.7. The van der Waals surface area contributed by atoms with E-state index in [1.807, 2.05) is 41.3 Å². The number of H-pyrrole nitrogens is 2. The largest absolute Gasteiger partial charge is 0.445 e. The van der Waals surface area contributed by atoms with E-state index >= 15 is 0 Å². The molecule has 9 aromatic rings. The highest BCUT2D eigenvalue weighted by atomic mass is 32.1. The third kappa shape index (κ3) is 9.90. The third-order valence-electron chi connectivity index (χ3n) is 12.5. The van der Waals surface area contributed by atoms with Gasteiger partial charge < -0.3 is 24.9 Å². The summed E-state index contributed by atoms with van der Waals surface area (Å²) in [5.41, 5.74) is 13.1. The molecule has 6 heterocycles. The van der Waals surface area contributed by atoms with Gasteiger partial charge in [-0.05, 0) is 109 Å². The van der Waals surface area contributed by atoms with Crippen LogP contribution < -0.4 is 5.32 Å². The molecule has 0 spiro atoms. The molecule has 0 radical (unpaired) electrons. The Labute approximate surface area is 382 Å². The molecule has 8 nitrogen and oxygen atoms in total. The lowest BCUT2D eigenvalue weighted by Gasteiger charge is -2.24. The number of hydrogen-bond donors (Lipinski definition) is 3. The van der Waals surface area contributed by atoms with Crippen LogP contribution in [0.2, 0.25) is 0 Å². The summed E-state index contributed by atoms with van der Waals surface area (Å²) >= 11 is 3.43. The molecular weight excluding hydrogens is 829 g/mol. The van der Waals surface area contributed by atoms with E-state index in [2.05, 4.69) is 129 Å². The fraction of sp³-hybridized carbons (Fsp3) is 0.241. The van der Waals surface area contributed by atoms with Gasteiger partial charge >= 0.3 is 6.09 Å². The summed E-state index contributed by atoms with van der Waals surface area (Å²) < 4.78 is 5.64. The van der Waals surface area contributed by atoms with Crippen molar-refractivity contribution in [1.82, 2.24) is 30.2 Å². The van der Waals surface area contributed by atoms with Crippen molar-refractivity contribution in [2.45, 2.75) is 70.1 Å². The van der Waals surface area contributed by atoms with Crippen molar-refractivity contribution in [3.8, 4) is 21.1 Å². The van der Waals surface area contributed by atoms with Crippen LogP contribution in [-0.4, -0.2) is 56.1 Å². The highest BCUT2D eigenvalue weighted by Crippen LogP contribution is 2.33. The molecule has 11 rings (SSSR count). The Morgan fingerprint density at radius 3 is 1.73 bits per heavy atom. The molecule has 0 unspecified atom stereocenters. The number of hydrogen-bond acceptors (Lipinski definition) is 7. The Morgan fingerprint density at radius 2 is 1.19 bits per heavy atom. The quantitative estimate of drug-likeness (QED) is 0.114. The summed E-state index contributed by atoms with van der Waals surface area (Å²) in [5, 5.41) is 12.6. The van der Waals surface area contributed by atoms with Crippen molar-refractivity contribution < 1.29 is 9.53 Å². The fourth-order valence-electron chi connectivity index (χ4n) is 9.15. The topological polar surface area (TPSA) is 98.9 Å². The van der Waals surface area contributed by atoms with Crippen LogP contribution in [0.5, 0.6) is 0 Å². The highest BCUT2D eigenvalue weighted by Gasteiger charge is 2.30. The number of rotatable bonds is 12. The minimum absolute atomic E-state index is 0.142. The number of likely N-dealkylation sites (tertiary alicyclic amines) is 1. The van der Waals surface area contributed by atoms with Gasteiger partial charge in [0.25, 0.3) is 0 Å². The van der Waals surface area contributed by atoms with Gasteiger partial charge in [-0.2, -0.15) is 0 Å². The summed E-state index contributed by atoms with van der Waals surface area (Å²) in [6.07, 6.45) is 12.2. The predicted octanol–water partition coefficient (Wildman–Crippen LogP) is 12.4. The van der Waals surface area contributed by atoms with Gasteiger partial charge in [0.1, 0.15) is 16.6 Å². The number of amides is 1. The summed E-state index contributed by atoms with van der Waals surface area (Å²) in [6, 6.07) is 44.8. The number of nitrogens with zero attached hydrogens (tertiary/aromatic N) is 3. The molecule has 2 saturated heterocycles. The van der Waals surface area contributed by atoms with E-state index in [1.54, 1.807) is 22.7 Å². The van der Waals surface area contributed by atoms with Gasteiger partial charge in [-0.3, -0.25) is 0 Å². The molecule has 2 fully saturated rings. The first-order chi connectivity index (χ1) is 31.6. The second-order valence-corrected chi connectivity index (χ2v) is 18.7. The molecular formula is C54H52N6O2S2. The Hall–Kier alpha value is -6.33. The number of carbonyl (C=O) groups excluding carboxylic acids is 1. The number of fused-ring (bicyclic) bond motifs is 2. The van der Waals surface area contributed by atoms with E-state index in [-0.39, 0.29) is 12.1 Å². The van der Waals surface area contributed by atoms with Crippen LogP contribution >= 0.6 is 22.7 Å². The first-order valence-electron chi connectivity index (χ1n) is 22.5. The molecule has 2 aliphatic heterocycles. The number of aromatic amines is 2. The zero-order valence-corrected chi connectivity index (χ0v) is 37.5. The molecule has 64 heavy (non-hydrogen) atoms. The maximum atomic E-state index is 12.9. The smallest absolute Gasteiger partial charge is 0.410 e. The average molecular weight is 881 g/mol. The zero-order valence-electron chi connectivity index (χ0n) is 35.8. The van der Waals surface area contributed by atoms with E-state index in [9.17, 15) is 4.79 Å². The van der Waals surface area contributed by atoms with E-state index in [4.69, 9.17) is 14.7 Å². The second-order valence-electron chi connectivity index (χ2n) is 17.0. The van der Waals surface area contributed by atoms with Crippen LogP contribution in [-0.2, 0) is 37.0 Å². The normalized spacial score (nSPS) is 16.0. The maximum Gasteiger partial charge on any atom is 0.410 e. The molecule has 10 heteroatoms. The molecule has 3 N–H and O–H groups in total. The molecule has 0 bridgehead atoms. The lowest BCUT2D eigenvalue weighted by atomic mass is 10.0. The Morgan fingerprint density at radius 1 is 0.641 bits per heavy atom. The van der Waals surface area contributed by atoms with Crippen molar-refractivity contribution in [3.63, 3.8) is 0 Å². The minimum atomic E-state index is -0.222.